The van der Waals surface area contributed by atoms with Gasteiger partial charge in [0.05, 0.1) is 5.02 Å². The van der Waals surface area contributed by atoms with E-state index in [-0.39, 0.29) is 17.1 Å². The SMILES string of the molecule is O=C(CNC(=O)c1ccc(Cl)cc1)OCC(=O)c1ccc(Cl)cc1Cl. The molecule has 0 aliphatic carbocycles. The lowest BCUT2D eigenvalue weighted by Crippen LogP contribution is -2.31. The molecular weight excluding hydrogens is 389 g/mol. The molecule has 0 bridgehead atoms. The molecule has 0 aliphatic rings. The predicted octanol–water partition coefficient (Wildman–Crippen LogP) is 3.80. The molecule has 0 saturated carbocycles. The van der Waals surface area contributed by atoms with Gasteiger partial charge in [-0.3, -0.25) is 14.4 Å². The maximum atomic E-state index is 12.0. The van der Waals surface area contributed by atoms with Crippen LogP contribution in [0.1, 0.15) is 20.7 Å². The summed E-state index contributed by atoms with van der Waals surface area (Å²) in [5.41, 5.74) is 0.547. The van der Waals surface area contributed by atoms with Gasteiger partial charge in [0, 0.05) is 21.2 Å². The third-order valence-corrected chi connectivity index (χ3v) is 3.90. The number of hydrogen-bond donors (Lipinski definition) is 1. The van der Waals surface area contributed by atoms with Gasteiger partial charge < -0.3 is 10.1 Å². The first-order valence-corrected chi connectivity index (χ1v) is 8.18. The molecule has 0 aromatic heterocycles. The number of nitrogens with one attached hydrogen (secondary N) is 1. The third kappa shape index (κ3) is 5.74. The summed E-state index contributed by atoms with van der Waals surface area (Å²) in [5, 5.41) is 3.45. The molecule has 2 aromatic carbocycles. The molecule has 0 fully saturated rings. The Labute approximate surface area is 158 Å². The molecule has 0 atom stereocenters. The van der Waals surface area contributed by atoms with Gasteiger partial charge in [-0.05, 0) is 42.5 Å². The average molecular weight is 401 g/mol. The summed E-state index contributed by atoms with van der Waals surface area (Å²) < 4.78 is 4.83. The minimum absolute atomic E-state index is 0.171. The zero-order valence-corrected chi connectivity index (χ0v) is 15.0. The van der Waals surface area contributed by atoms with Gasteiger partial charge in [0.1, 0.15) is 6.54 Å². The van der Waals surface area contributed by atoms with Crippen LogP contribution in [0.5, 0.6) is 0 Å². The molecule has 0 heterocycles. The summed E-state index contributed by atoms with van der Waals surface area (Å²) in [6, 6.07) is 10.5. The van der Waals surface area contributed by atoms with E-state index in [1.54, 1.807) is 12.1 Å². The van der Waals surface area contributed by atoms with Crippen molar-refractivity contribution in [1.29, 1.82) is 0 Å². The van der Waals surface area contributed by atoms with E-state index in [1.165, 1.54) is 30.3 Å². The first-order chi connectivity index (χ1) is 11.9. The minimum atomic E-state index is -0.749. The van der Waals surface area contributed by atoms with Crippen LogP contribution >= 0.6 is 34.8 Å². The van der Waals surface area contributed by atoms with Crippen molar-refractivity contribution in [3.05, 3.63) is 68.7 Å². The fourth-order valence-corrected chi connectivity index (χ4v) is 2.49. The number of esters is 1. The molecular formula is C17H12Cl3NO4. The maximum absolute atomic E-state index is 12.0. The zero-order chi connectivity index (χ0) is 18.4. The number of carbonyl (C=O) groups excluding carboxylic acids is 3. The van der Waals surface area contributed by atoms with Crippen LogP contribution in [0.2, 0.25) is 15.1 Å². The Morgan fingerprint density at radius 2 is 1.56 bits per heavy atom. The molecule has 0 unspecified atom stereocenters. The Kier molecular flexibility index (Phi) is 6.82. The van der Waals surface area contributed by atoms with Crippen molar-refractivity contribution >= 4 is 52.5 Å². The van der Waals surface area contributed by atoms with E-state index in [2.05, 4.69) is 5.32 Å². The average Bonchev–Trinajstić information content (AvgIpc) is 2.58. The second-order valence-corrected chi connectivity index (χ2v) is 6.18. The smallest absolute Gasteiger partial charge is 0.325 e. The van der Waals surface area contributed by atoms with E-state index in [4.69, 9.17) is 39.5 Å². The van der Waals surface area contributed by atoms with Crippen LogP contribution in [0.4, 0.5) is 0 Å². The van der Waals surface area contributed by atoms with Crippen molar-refractivity contribution in [2.45, 2.75) is 0 Å². The van der Waals surface area contributed by atoms with Gasteiger partial charge >= 0.3 is 5.97 Å². The number of benzene rings is 2. The number of Topliss-reactive ketones (excluding diaryl/α,β-unsaturated/α-hetero) is 1. The monoisotopic (exact) mass is 399 g/mol. The highest BCUT2D eigenvalue weighted by molar-refractivity contribution is 6.36. The number of ether oxygens (including phenoxy) is 1. The normalized spacial score (nSPS) is 10.2. The van der Waals surface area contributed by atoms with Crippen LogP contribution in [0.25, 0.3) is 0 Å². The first kappa shape index (κ1) is 19.2. The number of rotatable bonds is 6. The standard InChI is InChI=1S/C17H12Cl3NO4/c18-11-3-1-10(2-4-11)17(24)21-8-16(23)25-9-15(22)13-6-5-12(19)7-14(13)20/h1-7H,8-9H2,(H,21,24). The number of ketones is 1. The molecule has 2 aromatic rings. The highest BCUT2D eigenvalue weighted by Gasteiger charge is 2.14. The van der Waals surface area contributed by atoms with Gasteiger partial charge in [-0.15, -0.1) is 0 Å². The Morgan fingerprint density at radius 3 is 2.20 bits per heavy atom. The summed E-state index contributed by atoms with van der Waals surface area (Å²) in [5.74, 6) is -1.68. The minimum Gasteiger partial charge on any atom is -0.456 e. The molecule has 5 nitrogen and oxygen atoms in total. The Balaban J connectivity index is 1.81. The van der Waals surface area contributed by atoms with Gasteiger partial charge in [-0.25, -0.2) is 0 Å². The third-order valence-electron chi connectivity index (χ3n) is 3.10. The fraction of sp³-hybridized carbons (Fsp3) is 0.118. The molecule has 2 rings (SSSR count). The lowest BCUT2D eigenvalue weighted by atomic mass is 10.1. The van der Waals surface area contributed by atoms with Gasteiger partial charge in [0.15, 0.2) is 6.61 Å². The summed E-state index contributed by atoms with van der Waals surface area (Å²) in [7, 11) is 0. The number of hydrogen-bond acceptors (Lipinski definition) is 4. The van der Waals surface area contributed by atoms with Crippen molar-refractivity contribution in [1.82, 2.24) is 5.32 Å². The largest absolute Gasteiger partial charge is 0.456 e. The summed E-state index contributed by atoms with van der Waals surface area (Å²) in [6.07, 6.45) is 0. The van der Waals surface area contributed by atoms with Crippen molar-refractivity contribution in [2.24, 2.45) is 0 Å². The van der Waals surface area contributed by atoms with E-state index >= 15 is 0 Å². The van der Waals surface area contributed by atoms with E-state index in [1.807, 2.05) is 0 Å². The van der Waals surface area contributed by atoms with Crippen LogP contribution in [-0.2, 0) is 9.53 Å². The molecule has 0 radical (unpaired) electrons. The fourth-order valence-electron chi connectivity index (χ4n) is 1.85. The summed E-state index contributed by atoms with van der Waals surface area (Å²) in [4.78, 5) is 35.4. The van der Waals surface area contributed by atoms with E-state index < -0.39 is 24.3 Å². The quantitative estimate of drug-likeness (QED) is 0.591. The summed E-state index contributed by atoms with van der Waals surface area (Å²) in [6.45, 7) is -0.861. The van der Waals surface area contributed by atoms with Crippen molar-refractivity contribution in [3.8, 4) is 0 Å². The first-order valence-electron chi connectivity index (χ1n) is 7.04. The van der Waals surface area contributed by atoms with Gasteiger partial charge in [0.2, 0.25) is 5.78 Å². The molecule has 0 spiro atoms. The van der Waals surface area contributed by atoms with E-state index in [9.17, 15) is 14.4 Å². The predicted molar refractivity (Wildman–Crippen MR) is 95.5 cm³/mol. The lowest BCUT2D eigenvalue weighted by molar-refractivity contribution is -0.141. The van der Waals surface area contributed by atoms with Gasteiger partial charge in [-0.2, -0.15) is 0 Å². The van der Waals surface area contributed by atoms with Crippen LogP contribution in [0.3, 0.4) is 0 Å². The van der Waals surface area contributed by atoms with E-state index in [0.29, 0.717) is 15.6 Å². The zero-order valence-electron chi connectivity index (χ0n) is 12.7. The molecule has 0 aliphatic heterocycles. The number of carbonyl (C=O) groups is 3. The van der Waals surface area contributed by atoms with E-state index in [0.717, 1.165) is 0 Å². The van der Waals surface area contributed by atoms with Gasteiger partial charge in [0.25, 0.3) is 5.91 Å². The lowest BCUT2D eigenvalue weighted by Gasteiger charge is -2.07. The maximum Gasteiger partial charge on any atom is 0.325 e. The van der Waals surface area contributed by atoms with Crippen LogP contribution in [0, 0.1) is 0 Å². The molecule has 25 heavy (non-hydrogen) atoms. The van der Waals surface area contributed by atoms with Crippen molar-refractivity contribution < 1.29 is 19.1 Å². The summed E-state index contributed by atoms with van der Waals surface area (Å²) >= 11 is 17.4. The molecule has 0 saturated heterocycles. The van der Waals surface area contributed by atoms with Crippen LogP contribution < -0.4 is 5.32 Å². The number of amides is 1. The topological polar surface area (TPSA) is 72.5 Å². The Hall–Kier alpha value is -2.08. The molecule has 1 N–H and O–H groups in total. The molecule has 8 heteroatoms. The Morgan fingerprint density at radius 1 is 0.920 bits per heavy atom. The molecule has 1 amide bonds. The van der Waals surface area contributed by atoms with Crippen molar-refractivity contribution in [3.63, 3.8) is 0 Å². The molecule has 130 valence electrons. The van der Waals surface area contributed by atoms with Crippen LogP contribution in [0.15, 0.2) is 42.5 Å². The number of halogens is 3. The van der Waals surface area contributed by atoms with Crippen LogP contribution in [-0.4, -0.2) is 30.8 Å². The highest BCUT2D eigenvalue weighted by Crippen LogP contribution is 2.21. The van der Waals surface area contributed by atoms with Crippen molar-refractivity contribution in [2.75, 3.05) is 13.2 Å². The second kappa shape index (κ2) is 8.85. The van der Waals surface area contributed by atoms with Gasteiger partial charge in [-0.1, -0.05) is 34.8 Å². The Bertz CT molecular complexity index is 806. The highest BCUT2D eigenvalue weighted by atomic mass is 35.5. The second-order valence-electron chi connectivity index (χ2n) is 4.90.